The number of ether oxygens (including phenoxy) is 2. The van der Waals surface area contributed by atoms with Crippen LogP contribution in [-0.4, -0.2) is 46.4 Å². The van der Waals surface area contributed by atoms with Crippen molar-refractivity contribution in [3.8, 4) is 11.5 Å². The van der Waals surface area contributed by atoms with Crippen molar-refractivity contribution in [2.45, 2.75) is 66.2 Å². The summed E-state index contributed by atoms with van der Waals surface area (Å²) in [5, 5.41) is 26.8. The van der Waals surface area contributed by atoms with Crippen molar-refractivity contribution in [1.82, 2.24) is 0 Å². The molecule has 30 heavy (non-hydrogen) atoms. The minimum Gasteiger partial charge on any atom is -0.508 e. The highest BCUT2D eigenvalue weighted by molar-refractivity contribution is 5.77. The quantitative estimate of drug-likeness (QED) is 0.378. The molecule has 1 unspecified atom stereocenters. The number of carboxylic acids is 1. The van der Waals surface area contributed by atoms with Crippen molar-refractivity contribution < 1.29 is 39.2 Å². The Morgan fingerprint density at radius 3 is 2.13 bits per heavy atom. The molecule has 0 amide bonds. The summed E-state index contributed by atoms with van der Waals surface area (Å²) in [6.45, 7) is 9.48. The number of aromatic hydroxyl groups is 2. The van der Waals surface area contributed by atoms with E-state index in [0.29, 0.717) is 12.3 Å². The fraction of sp³-hybridized carbons (Fsp3) is 0.591. The summed E-state index contributed by atoms with van der Waals surface area (Å²) in [7, 11) is 0. The normalized spacial score (nSPS) is 11.6. The van der Waals surface area contributed by atoms with Crippen molar-refractivity contribution in [2.75, 3.05) is 13.2 Å². The second-order valence-electron chi connectivity index (χ2n) is 7.54. The van der Waals surface area contributed by atoms with Gasteiger partial charge >= 0.3 is 17.9 Å². The Labute approximate surface area is 177 Å². The second-order valence-corrected chi connectivity index (χ2v) is 7.54. The molecule has 0 bridgehead atoms. The van der Waals surface area contributed by atoms with Crippen LogP contribution in [0.25, 0.3) is 0 Å². The first-order chi connectivity index (χ1) is 13.9. The average Bonchev–Trinajstić information content (AvgIpc) is 2.69. The SMILES string of the molecule is CCC(C)(C)C(=O)OCCOC(=O)CCC(=O)O.CCC(C)c1ccc(O)cc1O. The van der Waals surface area contributed by atoms with Gasteiger partial charge in [-0.05, 0) is 44.2 Å². The summed E-state index contributed by atoms with van der Waals surface area (Å²) >= 11 is 0. The summed E-state index contributed by atoms with van der Waals surface area (Å²) < 4.78 is 9.65. The van der Waals surface area contributed by atoms with E-state index >= 15 is 0 Å². The molecular weight excluding hydrogens is 392 g/mol. The molecule has 0 saturated carbocycles. The zero-order valence-corrected chi connectivity index (χ0v) is 18.4. The zero-order chi connectivity index (χ0) is 23.3. The predicted molar refractivity (Wildman–Crippen MR) is 111 cm³/mol. The molecule has 0 fully saturated rings. The Balaban J connectivity index is 0.000000604. The third kappa shape index (κ3) is 10.7. The largest absolute Gasteiger partial charge is 0.508 e. The number of carbonyl (C=O) groups excluding carboxylic acids is 2. The summed E-state index contributed by atoms with van der Waals surface area (Å²) in [5.74, 6) is -1.37. The Hall–Kier alpha value is -2.77. The van der Waals surface area contributed by atoms with Gasteiger partial charge in [0, 0.05) is 6.07 Å². The minimum atomic E-state index is -1.05. The molecule has 8 heteroatoms. The van der Waals surface area contributed by atoms with Gasteiger partial charge < -0.3 is 24.8 Å². The number of benzene rings is 1. The Bertz CT molecular complexity index is 696. The van der Waals surface area contributed by atoms with Crippen LogP contribution in [0.2, 0.25) is 0 Å². The van der Waals surface area contributed by atoms with Crippen LogP contribution in [0.3, 0.4) is 0 Å². The van der Waals surface area contributed by atoms with E-state index in [9.17, 15) is 19.5 Å². The molecule has 0 radical (unpaired) electrons. The molecule has 0 aliphatic rings. The molecule has 1 aromatic rings. The lowest BCUT2D eigenvalue weighted by Crippen LogP contribution is -2.27. The van der Waals surface area contributed by atoms with Crippen LogP contribution < -0.4 is 0 Å². The average molecular weight is 427 g/mol. The van der Waals surface area contributed by atoms with Gasteiger partial charge in [0.25, 0.3) is 0 Å². The van der Waals surface area contributed by atoms with Crippen molar-refractivity contribution in [2.24, 2.45) is 5.41 Å². The van der Waals surface area contributed by atoms with Gasteiger partial charge in [0.1, 0.15) is 24.7 Å². The smallest absolute Gasteiger partial charge is 0.311 e. The Morgan fingerprint density at radius 1 is 1.03 bits per heavy atom. The van der Waals surface area contributed by atoms with Gasteiger partial charge in [-0.2, -0.15) is 0 Å². The number of rotatable bonds is 10. The maximum atomic E-state index is 11.5. The van der Waals surface area contributed by atoms with Crippen LogP contribution in [0.5, 0.6) is 11.5 Å². The predicted octanol–water partition coefficient (Wildman–Crippen LogP) is 3.99. The topological polar surface area (TPSA) is 130 Å². The van der Waals surface area contributed by atoms with E-state index in [1.165, 1.54) is 6.07 Å². The van der Waals surface area contributed by atoms with Crippen LogP contribution in [0, 0.1) is 5.41 Å². The van der Waals surface area contributed by atoms with Crippen molar-refractivity contribution in [3.63, 3.8) is 0 Å². The van der Waals surface area contributed by atoms with Gasteiger partial charge in [0.15, 0.2) is 0 Å². The minimum absolute atomic E-state index is 0.0128. The first kappa shape index (κ1) is 27.2. The summed E-state index contributed by atoms with van der Waals surface area (Å²) in [6, 6.07) is 4.74. The van der Waals surface area contributed by atoms with E-state index in [1.54, 1.807) is 26.0 Å². The molecule has 1 aromatic carbocycles. The molecule has 0 aliphatic carbocycles. The summed E-state index contributed by atoms with van der Waals surface area (Å²) in [6.07, 6.45) is 1.20. The van der Waals surface area contributed by atoms with Crippen LogP contribution in [0.1, 0.15) is 71.8 Å². The number of carboxylic acid groups (broad SMARTS) is 1. The Kier molecular flexibility index (Phi) is 12.2. The number of phenols is 2. The molecule has 0 heterocycles. The highest BCUT2D eigenvalue weighted by atomic mass is 16.6. The third-order valence-corrected chi connectivity index (χ3v) is 4.72. The van der Waals surface area contributed by atoms with Crippen LogP contribution in [0.4, 0.5) is 0 Å². The molecule has 1 atom stereocenters. The number of hydrogen-bond donors (Lipinski definition) is 3. The molecule has 0 saturated heterocycles. The van der Waals surface area contributed by atoms with E-state index in [4.69, 9.17) is 19.7 Å². The van der Waals surface area contributed by atoms with Gasteiger partial charge in [-0.3, -0.25) is 14.4 Å². The maximum Gasteiger partial charge on any atom is 0.311 e. The number of hydrogen-bond acceptors (Lipinski definition) is 7. The highest BCUT2D eigenvalue weighted by Crippen LogP contribution is 2.30. The monoisotopic (exact) mass is 426 g/mol. The number of esters is 2. The lowest BCUT2D eigenvalue weighted by Gasteiger charge is -2.20. The lowest BCUT2D eigenvalue weighted by molar-refractivity contribution is -0.159. The molecule has 0 aromatic heterocycles. The van der Waals surface area contributed by atoms with E-state index in [1.807, 2.05) is 13.8 Å². The van der Waals surface area contributed by atoms with Crippen LogP contribution in [0.15, 0.2) is 18.2 Å². The molecular formula is C22H34O8. The lowest BCUT2D eigenvalue weighted by atomic mass is 9.91. The Morgan fingerprint density at radius 2 is 1.63 bits per heavy atom. The van der Waals surface area contributed by atoms with Crippen LogP contribution >= 0.6 is 0 Å². The second kappa shape index (κ2) is 13.5. The maximum absolute atomic E-state index is 11.5. The number of aliphatic carboxylic acids is 1. The van der Waals surface area contributed by atoms with Gasteiger partial charge in [-0.1, -0.05) is 26.8 Å². The number of phenolic OH excluding ortho intramolecular Hbond substituents is 2. The molecule has 1 rings (SSSR count). The van der Waals surface area contributed by atoms with Gasteiger partial charge in [-0.15, -0.1) is 0 Å². The van der Waals surface area contributed by atoms with E-state index in [-0.39, 0.29) is 43.5 Å². The molecule has 170 valence electrons. The standard InChI is InChI=1S/C12H20O6.C10H14O2/c1-4-12(2,3)11(16)18-8-7-17-10(15)6-5-9(13)14;1-3-7(2)9-5-4-8(11)6-10(9)12/h4-8H2,1-3H3,(H,13,14);4-7,11-12H,3H2,1-2H3. The van der Waals surface area contributed by atoms with E-state index in [0.717, 1.165) is 12.0 Å². The summed E-state index contributed by atoms with van der Waals surface area (Å²) in [4.78, 5) is 32.7. The number of carbonyl (C=O) groups is 3. The fourth-order valence-electron chi connectivity index (χ4n) is 2.08. The first-order valence-corrected chi connectivity index (χ1v) is 10.0. The van der Waals surface area contributed by atoms with E-state index in [2.05, 4.69) is 6.92 Å². The van der Waals surface area contributed by atoms with Crippen molar-refractivity contribution >= 4 is 17.9 Å². The third-order valence-electron chi connectivity index (χ3n) is 4.72. The van der Waals surface area contributed by atoms with E-state index < -0.39 is 17.4 Å². The molecule has 3 N–H and O–H groups in total. The molecule has 0 spiro atoms. The highest BCUT2D eigenvalue weighted by Gasteiger charge is 2.26. The fourth-order valence-corrected chi connectivity index (χ4v) is 2.08. The zero-order valence-electron chi connectivity index (χ0n) is 18.4. The van der Waals surface area contributed by atoms with Crippen molar-refractivity contribution in [3.05, 3.63) is 23.8 Å². The van der Waals surface area contributed by atoms with Gasteiger partial charge in [0.2, 0.25) is 0 Å². The molecule has 0 aliphatic heterocycles. The first-order valence-electron chi connectivity index (χ1n) is 10.0. The van der Waals surface area contributed by atoms with Gasteiger partial charge in [0.05, 0.1) is 18.3 Å². The molecule has 8 nitrogen and oxygen atoms in total. The summed E-state index contributed by atoms with van der Waals surface area (Å²) in [5.41, 5.74) is 0.350. The van der Waals surface area contributed by atoms with Crippen molar-refractivity contribution in [1.29, 1.82) is 0 Å². The van der Waals surface area contributed by atoms with Crippen LogP contribution in [-0.2, 0) is 23.9 Å². The van der Waals surface area contributed by atoms with Gasteiger partial charge in [-0.25, -0.2) is 0 Å².